The average Bonchev–Trinajstić information content (AvgIpc) is 3.36. The summed E-state index contributed by atoms with van der Waals surface area (Å²) >= 11 is 0. The van der Waals surface area contributed by atoms with E-state index < -0.39 is 0 Å². The van der Waals surface area contributed by atoms with Gasteiger partial charge in [0, 0.05) is 75.1 Å². The van der Waals surface area contributed by atoms with Gasteiger partial charge >= 0.3 is 6.09 Å². The van der Waals surface area contributed by atoms with E-state index in [1.165, 1.54) is 0 Å². The lowest BCUT2D eigenvalue weighted by molar-refractivity contribution is 0.0107. The first-order valence-corrected chi connectivity index (χ1v) is 10.2. The minimum Gasteiger partial charge on any atom is -0.446 e. The highest BCUT2D eigenvalue weighted by atomic mass is 16.6. The molecule has 0 bridgehead atoms. The first-order valence-electron chi connectivity index (χ1n) is 10.2. The molecule has 9 nitrogen and oxygen atoms in total. The zero-order chi connectivity index (χ0) is 20.7. The Hall–Kier alpha value is -3.54. The number of fused-ring (bicyclic) bond motifs is 1. The molecule has 1 saturated heterocycles. The van der Waals surface area contributed by atoms with Crippen LogP contribution in [0, 0.1) is 17.2 Å². The lowest BCUT2D eigenvalue weighted by Crippen LogP contribution is -2.50. The highest BCUT2D eigenvalue weighted by Gasteiger charge is 2.34. The summed E-state index contributed by atoms with van der Waals surface area (Å²) in [6, 6.07) is 6.34. The molecular weight excluding hydrogens is 382 g/mol. The van der Waals surface area contributed by atoms with E-state index in [0.29, 0.717) is 25.9 Å². The fourth-order valence-electron chi connectivity index (χ4n) is 4.12. The Morgan fingerprint density at radius 1 is 1.30 bits per heavy atom. The molecule has 1 aliphatic heterocycles. The molecule has 2 aliphatic rings. The van der Waals surface area contributed by atoms with Gasteiger partial charge in [0.05, 0.1) is 23.9 Å². The van der Waals surface area contributed by atoms with Gasteiger partial charge in [-0.05, 0) is 12.1 Å². The van der Waals surface area contributed by atoms with E-state index in [-0.39, 0.29) is 18.1 Å². The molecule has 3 aromatic heterocycles. The van der Waals surface area contributed by atoms with Crippen LogP contribution in [0.2, 0.25) is 0 Å². The summed E-state index contributed by atoms with van der Waals surface area (Å²) < 4.78 is 7.29. The number of hydrogen-bond donors (Lipinski definition) is 1. The van der Waals surface area contributed by atoms with Crippen molar-refractivity contribution in [1.29, 1.82) is 5.26 Å². The van der Waals surface area contributed by atoms with Crippen LogP contribution in [0.4, 0.5) is 10.5 Å². The third-order valence-corrected chi connectivity index (χ3v) is 5.95. The normalized spacial score (nSPS) is 21.3. The van der Waals surface area contributed by atoms with Crippen molar-refractivity contribution >= 4 is 22.8 Å². The van der Waals surface area contributed by atoms with Crippen LogP contribution >= 0.6 is 0 Å². The Kier molecular flexibility index (Phi) is 4.54. The number of carbonyl (C=O) groups is 1. The number of anilines is 1. The van der Waals surface area contributed by atoms with E-state index in [9.17, 15) is 4.79 Å². The van der Waals surface area contributed by atoms with Gasteiger partial charge in [-0.25, -0.2) is 9.78 Å². The van der Waals surface area contributed by atoms with Crippen molar-refractivity contribution in [2.75, 3.05) is 31.1 Å². The van der Waals surface area contributed by atoms with Gasteiger partial charge < -0.3 is 19.5 Å². The molecule has 5 rings (SSSR count). The molecule has 1 N–H and O–H groups in total. The van der Waals surface area contributed by atoms with Crippen molar-refractivity contribution < 1.29 is 9.53 Å². The number of aryl methyl sites for hydroxylation is 1. The van der Waals surface area contributed by atoms with Gasteiger partial charge in [0.15, 0.2) is 0 Å². The van der Waals surface area contributed by atoms with Crippen LogP contribution in [0.15, 0.2) is 30.7 Å². The fraction of sp³-hybridized carbons (Fsp3) is 0.429. The number of carbonyl (C=O) groups excluding carboxylic acids is 1. The number of H-pyrrole nitrogens is 1. The third-order valence-electron chi connectivity index (χ3n) is 5.95. The van der Waals surface area contributed by atoms with E-state index >= 15 is 0 Å². The highest BCUT2D eigenvalue weighted by molar-refractivity contribution is 5.93. The molecule has 3 aromatic rings. The smallest absolute Gasteiger partial charge is 0.410 e. The van der Waals surface area contributed by atoms with Crippen LogP contribution in [-0.4, -0.2) is 63.0 Å². The van der Waals surface area contributed by atoms with E-state index in [1.54, 1.807) is 9.58 Å². The predicted octanol–water partition coefficient (Wildman–Crippen LogP) is 2.52. The molecule has 1 aliphatic carbocycles. The average molecular weight is 405 g/mol. The predicted molar refractivity (Wildman–Crippen MR) is 111 cm³/mol. The minimum atomic E-state index is -0.267. The van der Waals surface area contributed by atoms with Crippen molar-refractivity contribution in [3.8, 4) is 17.3 Å². The molecule has 0 spiro atoms. The Morgan fingerprint density at radius 2 is 2.10 bits per heavy atom. The van der Waals surface area contributed by atoms with Gasteiger partial charge in [0.1, 0.15) is 11.8 Å². The SMILES string of the molecule is Cn1cc(-c2cc3c(N4CCN(C(=O)OC5CC(C#N)C5)CC4)ccnc3[nH]2)cn1. The molecule has 4 heterocycles. The molecule has 154 valence electrons. The van der Waals surface area contributed by atoms with Crippen LogP contribution in [0.3, 0.4) is 0 Å². The quantitative estimate of drug-likeness (QED) is 0.718. The fourth-order valence-corrected chi connectivity index (χ4v) is 4.12. The summed E-state index contributed by atoms with van der Waals surface area (Å²) in [5.74, 6) is 0.0339. The number of aromatic amines is 1. The van der Waals surface area contributed by atoms with Crippen molar-refractivity contribution in [3.05, 3.63) is 30.7 Å². The van der Waals surface area contributed by atoms with Crippen molar-refractivity contribution in [1.82, 2.24) is 24.6 Å². The minimum absolute atomic E-state index is 0.0339. The molecular formula is C21H23N7O2. The molecule has 0 atom stereocenters. The molecule has 0 radical (unpaired) electrons. The summed E-state index contributed by atoms with van der Waals surface area (Å²) in [6.07, 6.45) is 6.55. The number of hydrogen-bond acceptors (Lipinski definition) is 6. The Bertz CT molecular complexity index is 1110. The number of nitriles is 1. The molecule has 1 amide bonds. The maximum Gasteiger partial charge on any atom is 0.410 e. The van der Waals surface area contributed by atoms with Gasteiger partial charge in [0.2, 0.25) is 0 Å². The molecule has 30 heavy (non-hydrogen) atoms. The summed E-state index contributed by atoms with van der Waals surface area (Å²) in [4.78, 5) is 24.3. The summed E-state index contributed by atoms with van der Waals surface area (Å²) in [6.45, 7) is 2.67. The number of nitrogens with zero attached hydrogens (tertiary/aromatic N) is 6. The van der Waals surface area contributed by atoms with Gasteiger partial charge in [-0.3, -0.25) is 4.68 Å². The lowest BCUT2D eigenvalue weighted by atomic mass is 9.84. The number of aromatic nitrogens is 4. The summed E-state index contributed by atoms with van der Waals surface area (Å²) in [7, 11) is 1.90. The molecule has 9 heteroatoms. The number of nitrogens with one attached hydrogen (secondary N) is 1. The van der Waals surface area contributed by atoms with Crippen LogP contribution in [-0.2, 0) is 11.8 Å². The largest absolute Gasteiger partial charge is 0.446 e. The number of ether oxygens (including phenoxy) is 1. The van der Waals surface area contributed by atoms with E-state index in [0.717, 1.165) is 41.1 Å². The van der Waals surface area contributed by atoms with E-state index in [4.69, 9.17) is 10.00 Å². The summed E-state index contributed by atoms with van der Waals surface area (Å²) in [5.41, 5.74) is 3.94. The number of pyridine rings is 1. The van der Waals surface area contributed by atoms with Gasteiger partial charge in [-0.15, -0.1) is 0 Å². The standard InChI is InChI=1S/C21H23N7O2/c1-26-13-15(12-24-26)18-10-17-19(2-3-23-20(17)25-18)27-4-6-28(7-5-27)21(29)30-16-8-14(9-16)11-22/h2-3,10,12-14,16H,4-9H2,1H3,(H,23,25). The molecule has 2 fully saturated rings. The topological polar surface area (TPSA) is 103 Å². The molecule has 0 unspecified atom stereocenters. The summed E-state index contributed by atoms with van der Waals surface area (Å²) in [5, 5.41) is 14.1. The second-order valence-electron chi connectivity index (χ2n) is 7.96. The van der Waals surface area contributed by atoms with Crippen molar-refractivity contribution in [3.63, 3.8) is 0 Å². The zero-order valence-electron chi connectivity index (χ0n) is 16.8. The maximum absolute atomic E-state index is 12.4. The van der Waals surface area contributed by atoms with Crippen LogP contribution in [0.5, 0.6) is 0 Å². The Balaban J connectivity index is 1.26. The second-order valence-corrected chi connectivity index (χ2v) is 7.96. The van der Waals surface area contributed by atoms with Crippen molar-refractivity contribution in [2.45, 2.75) is 18.9 Å². The third kappa shape index (κ3) is 3.34. The lowest BCUT2D eigenvalue weighted by Gasteiger charge is -2.37. The van der Waals surface area contributed by atoms with Crippen LogP contribution in [0.25, 0.3) is 22.3 Å². The van der Waals surface area contributed by atoms with Crippen LogP contribution < -0.4 is 4.90 Å². The van der Waals surface area contributed by atoms with E-state index in [1.807, 2.05) is 31.7 Å². The first-order chi connectivity index (χ1) is 14.6. The van der Waals surface area contributed by atoms with Crippen LogP contribution in [0.1, 0.15) is 12.8 Å². The number of amides is 1. The molecule has 1 saturated carbocycles. The Morgan fingerprint density at radius 3 is 2.80 bits per heavy atom. The van der Waals surface area contributed by atoms with Crippen molar-refractivity contribution in [2.24, 2.45) is 13.0 Å². The van der Waals surface area contributed by atoms with Gasteiger partial charge in [-0.2, -0.15) is 10.4 Å². The second kappa shape index (κ2) is 7.37. The molecule has 0 aromatic carbocycles. The zero-order valence-corrected chi connectivity index (χ0v) is 16.8. The Labute approximate surface area is 173 Å². The van der Waals surface area contributed by atoms with Gasteiger partial charge in [0.25, 0.3) is 0 Å². The van der Waals surface area contributed by atoms with E-state index in [2.05, 4.69) is 32.1 Å². The monoisotopic (exact) mass is 405 g/mol. The van der Waals surface area contributed by atoms with Gasteiger partial charge in [-0.1, -0.05) is 0 Å². The number of rotatable bonds is 3. The number of piperazine rings is 1. The maximum atomic E-state index is 12.4. The highest BCUT2D eigenvalue weighted by Crippen LogP contribution is 2.32. The first kappa shape index (κ1) is 18.5.